The molecule has 1 heterocycles. The van der Waals surface area contributed by atoms with Gasteiger partial charge in [0.05, 0.1) is 0 Å². The maximum atomic E-state index is 12.4. The van der Waals surface area contributed by atoms with Crippen LogP contribution in [0.15, 0.2) is 36.4 Å². The van der Waals surface area contributed by atoms with Crippen LogP contribution in [0.5, 0.6) is 17.2 Å². The van der Waals surface area contributed by atoms with Crippen molar-refractivity contribution in [3.8, 4) is 17.2 Å². The molecule has 5 nitrogen and oxygen atoms in total. The number of likely N-dealkylation sites (N-methyl/N-ethyl adjacent to an activating group) is 1. The van der Waals surface area contributed by atoms with Gasteiger partial charge in [0.2, 0.25) is 0 Å². The second kappa shape index (κ2) is 7.28. The summed E-state index contributed by atoms with van der Waals surface area (Å²) < 4.78 is 16.8. The molecule has 136 valence electrons. The second-order valence-electron chi connectivity index (χ2n) is 6.80. The molecule has 1 aliphatic heterocycles. The largest absolute Gasteiger partial charge is 0.486 e. The molecule has 1 aliphatic carbocycles. The number of rotatable bonds is 5. The van der Waals surface area contributed by atoms with Crippen LogP contribution in [0.1, 0.15) is 23.1 Å². The molecule has 0 radical (unpaired) electrons. The van der Waals surface area contributed by atoms with Gasteiger partial charge >= 0.3 is 0 Å². The number of carbonyl (C=O) groups is 1. The molecule has 2 aromatic rings. The molecule has 0 saturated carbocycles. The fourth-order valence-corrected chi connectivity index (χ4v) is 3.44. The Kier molecular flexibility index (Phi) is 4.69. The first kappa shape index (κ1) is 16.8. The lowest BCUT2D eigenvalue weighted by Crippen LogP contribution is -2.31. The van der Waals surface area contributed by atoms with Gasteiger partial charge in [-0.05, 0) is 60.2 Å². The average molecular weight is 353 g/mol. The molecule has 0 N–H and O–H groups in total. The highest BCUT2D eigenvalue weighted by atomic mass is 16.6. The van der Waals surface area contributed by atoms with Gasteiger partial charge in [-0.2, -0.15) is 0 Å². The Morgan fingerprint density at radius 1 is 1.04 bits per heavy atom. The number of ether oxygens (including phenoxy) is 3. The number of aryl methyl sites for hydroxylation is 2. The van der Waals surface area contributed by atoms with Gasteiger partial charge in [0.15, 0.2) is 18.1 Å². The summed E-state index contributed by atoms with van der Waals surface area (Å²) in [7, 11) is 1.78. The Morgan fingerprint density at radius 3 is 2.73 bits per heavy atom. The standard InChI is InChI=1S/C21H23NO4/c1-22(13-15-5-8-19-20(11-15)25-10-9-24-19)21(23)14-26-18-7-6-16-3-2-4-17(16)12-18/h5-8,11-12H,2-4,9-10,13-14H2,1H3. The first-order valence-electron chi connectivity index (χ1n) is 9.06. The lowest BCUT2D eigenvalue weighted by atomic mass is 10.1. The van der Waals surface area contributed by atoms with E-state index in [1.54, 1.807) is 11.9 Å². The van der Waals surface area contributed by atoms with Gasteiger partial charge < -0.3 is 19.1 Å². The first-order chi connectivity index (χ1) is 12.7. The van der Waals surface area contributed by atoms with Crippen LogP contribution in [0, 0.1) is 0 Å². The fourth-order valence-electron chi connectivity index (χ4n) is 3.44. The molecule has 0 aromatic heterocycles. The summed E-state index contributed by atoms with van der Waals surface area (Å²) in [5, 5.41) is 0. The smallest absolute Gasteiger partial charge is 0.260 e. The zero-order chi connectivity index (χ0) is 17.9. The molecule has 0 unspecified atom stereocenters. The SMILES string of the molecule is CN(Cc1ccc2c(c1)OCCO2)C(=O)COc1ccc2c(c1)CCC2. The van der Waals surface area contributed by atoms with Crippen molar-refractivity contribution in [2.75, 3.05) is 26.9 Å². The molecule has 0 atom stereocenters. The minimum Gasteiger partial charge on any atom is -0.486 e. The minimum absolute atomic E-state index is 0.0415. The van der Waals surface area contributed by atoms with E-state index in [4.69, 9.17) is 14.2 Å². The molecular formula is C21H23NO4. The number of amides is 1. The predicted octanol–water partition coefficient (Wildman–Crippen LogP) is 2.98. The highest BCUT2D eigenvalue weighted by Gasteiger charge is 2.16. The summed E-state index contributed by atoms with van der Waals surface area (Å²) >= 11 is 0. The van der Waals surface area contributed by atoms with E-state index < -0.39 is 0 Å². The first-order valence-corrected chi connectivity index (χ1v) is 9.06. The number of fused-ring (bicyclic) bond motifs is 2. The molecule has 0 bridgehead atoms. The third-order valence-electron chi connectivity index (χ3n) is 4.88. The van der Waals surface area contributed by atoms with Crippen LogP contribution >= 0.6 is 0 Å². The summed E-state index contributed by atoms with van der Waals surface area (Å²) in [6.45, 7) is 1.67. The van der Waals surface area contributed by atoms with Gasteiger partial charge in [-0.3, -0.25) is 4.79 Å². The Labute approximate surface area is 153 Å². The van der Waals surface area contributed by atoms with Crippen LogP contribution < -0.4 is 14.2 Å². The van der Waals surface area contributed by atoms with Crippen LogP contribution in [0.4, 0.5) is 0 Å². The van der Waals surface area contributed by atoms with Crippen molar-refractivity contribution in [1.29, 1.82) is 0 Å². The Morgan fingerprint density at radius 2 is 1.85 bits per heavy atom. The zero-order valence-electron chi connectivity index (χ0n) is 15.0. The van der Waals surface area contributed by atoms with Gasteiger partial charge in [0.1, 0.15) is 19.0 Å². The third kappa shape index (κ3) is 3.62. The minimum atomic E-state index is -0.0552. The average Bonchev–Trinajstić information content (AvgIpc) is 3.13. The van der Waals surface area contributed by atoms with Crippen molar-refractivity contribution in [2.24, 2.45) is 0 Å². The van der Waals surface area contributed by atoms with Gasteiger partial charge in [0.25, 0.3) is 5.91 Å². The van der Waals surface area contributed by atoms with E-state index in [9.17, 15) is 4.79 Å². The molecule has 0 fully saturated rings. The van der Waals surface area contributed by atoms with Crippen molar-refractivity contribution < 1.29 is 19.0 Å². The van der Waals surface area contributed by atoms with Crippen LogP contribution in [0.3, 0.4) is 0 Å². The zero-order valence-corrected chi connectivity index (χ0v) is 15.0. The molecule has 26 heavy (non-hydrogen) atoms. The second-order valence-corrected chi connectivity index (χ2v) is 6.80. The van der Waals surface area contributed by atoms with Crippen LogP contribution in [-0.2, 0) is 24.2 Å². The van der Waals surface area contributed by atoms with Gasteiger partial charge in [-0.25, -0.2) is 0 Å². The van der Waals surface area contributed by atoms with E-state index in [0.717, 1.165) is 35.7 Å². The van der Waals surface area contributed by atoms with Crippen molar-refractivity contribution >= 4 is 5.91 Å². The van der Waals surface area contributed by atoms with Gasteiger partial charge in [-0.1, -0.05) is 12.1 Å². The van der Waals surface area contributed by atoms with Crippen LogP contribution in [-0.4, -0.2) is 37.7 Å². The summed E-state index contributed by atoms with van der Waals surface area (Å²) in [5.74, 6) is 2.21. The molecule has 1 amide bonds. The maximum absolute atomic E-state index is 12.4. The summed E-state index contributed by atoms with van der Waals surface area (Å²) in [6.07, 6.45) is 3.45. The Bertz CT molecular complexity index is 818. The fraction of sp³-hybridized carbons (Fsp3) is 0.381. The molecule has 0 spiro atoms. The van der Waals surface area contributed by atoms with Crippen molar-refractivity contribution in [3.05, 3.63) is 53.1 Å². The van der Waals surface area contributed by atoms with E-state index in [0.29, 0.717) is 19.8 Å². The summed E-state index contributed by atoms with van der Waals surface area (Å²) in [6, 6.07) is 11.9. The molecule has 2 aromatic carbocycles. The molecular weight excluding hydrogens is 330 g/mol. The van der Waals surface area contributed by atoms with Crippen molar-refractivity contribution in [3.63, 3.8) is 0 Å². The lowest BCUT2D eigenvalue weighted by molar-refractivity contribution is -0.132. The number of hydrogen-bond donors (Lipinski definition) is 0. The van der Waals surface area contributed by atoms with E-state index >= 15 is 0 Å². The number of carbonyl (C=O) groups excluding carboxylic acids is 1. The molecule has 2 aliphatic rings. The van der Waals surface area contributed by atoms with E-state index in [-0.39, 0.29) is 12.5 Å². The highest BCUT2D eigenvalue weighted by Crippen LogP contribution is 2.31. The van der Waals surface area contributed by atoms with Gasteiger partial charge in [0, 0.05) is 13.6 Å². The predicted molar refractivity (Wildman–Crippen MR) is 97.9 cm³/mol. The summed E-state index contributed by atoms with van der Waals surface area (Å²) in [4.78, 5) is 14.1. The van der Waals surface area contributed by atoms with Crippen LogP contribution in [0.2, 0.25) is 0 Å². The van der Waals surface area contributed by atoms with Crippen molar-refractivity contribution in [1.82, 2.24) is 4.90 Å². The van der Waals surface area contributed by atoms with E-state index in [2.05, 4.69) is 12.1 Å². The quantitative estimate of drug-likeness (QED) is 0.829. The third-order valence-corrected chi connectivity index (χ3v) is 4.88. The Hall–Kier alpha value is -2.69. The Balaban J connectivity index is 1.33. The molecule has 4 rings (SSSR count). The number of benzene rings is 2. The topological polar surface area (TPSA) is 48.0 Å². The highest BCUT2D eigenvalue weighted by molar-refractivity contribution is 5.77. The maximum Gasteiger partial charge on any atom is 0.260 e. The summed E-state index contributed by atoms with van der Waals surface area (Å²) in [5.41, 5.74) is 3.75. The van der Waals surface area contributed by atoms with Crippen LogP contribution in [0.25, 0.3) is 0 Å². The molecule has 5 heteroatoms. The lowest BCUT2D eigenvalue weighted by Gasteiger charge is -2.21. The van der Waals surface area contributed by atoms with Gasteiger partial charge in [-0.15, -0.1) is 0 Å². The molecule has 0 saturated heterocycles. The van der Waals surface area contributed by atoms with E-state index in [1.807, 2.05) is 24.3 Å². The number of nitrogens with zero attached hydrogens (tertiary/aromatic N) is 1. The number of hydrogen-bond acceptors (Lipinski definition) is 4. The monoisotopic (exact) mass is 353 g/mol. The normalized spacial score (nSPS) is 14.7. The van der Waals surface area contributed by atoms with E-state index in [1.165, 1.54) is 17.5 Å². The van der Waals surface area contributed by atoms with Crippen molar-refractivity contribution in [2.45, 2.75) is 25.8 Å².